The number of H-pyrrole nitrogens is 1. The van der Waals surface area contributed by atoms with Gasteiger partial charge in [-0.05, 0) is 13.8 Å². The number of hydrogen-bond acceptors (Lipinski definition) is 3. The molecule has 2 aromatic rings. The van der Waals surface area contributed by atoms with Gasteiger partial charge < -0.3 is 9.88 Å². The number of aromatic amines is 1. The van der Waals surface area contributed by atoms with Crippen molar-refractivity contribution in [2.45, 2.75) is 52.6 Å². The average Bonchev–Trinajstić information content (AvgIpc) is 2.90. The highest BCUT2D eigenvalue weighted by molar-refractivity contribution is 5.97. The maximum Gasteiger partial charge on any atom is 0.273 e. The van der Waals surface area contributed by atoms with E-state index in [1.807, 2.05) is 19.9 Å². The van der Waals surface area contributed by atoms with E-state index in [1.165, 1.54) is 0 Å². The molecule has 6 heteroatoms. The Bertz CT molecular complexity index is 792. The Kier molecular flexibility index (Phi) is 2.77. The zero-order chi connectivity index (χ0) is 15.5. The van der Waals surface area contributed by atoms with Gasteiger partial charge in [0.1, 0.15) is 11.3 Å². The molecule has 0 aromatic carbocycles. The molecule has 0 bridgehead atoms. The van der Waals surface area contributed by atoms with Crippen molar-refractivity contribution in [1.82, 2.24) is 19.5 Å². The molecule has 0 unspecified atom stereocenters. The number of carbonyl (C=O) groups is 1. The van der Waals surface area contributed by atoms with Crippen LogP contribution in [0.1, 0.15) is 56.4 Å². The van der Waals surface area contributed by atoms with E-state index in [0.29, 0.717) is 23.4 Å². The summed E-state index contributed by atoms with van der Waals surface area (Å²) in [5, 5.41) is 4.54. The summed E-state index contributed by atoms with van der Waals surface area (Å²) in [4.78, 5) is 29.3. The molecule has 1 aliphatic heterocycles. The van der Waals surface area contributed by atoms with E-state index in [4.69, 9.17) is 0 Å². The van der Waals surface area contributed by atoms with Gasteiger partial charge >= 0.3 is 0 Å². The van der Waals surface area contributed by atoms with Crippen molar-refractivity contribution in [2.24, 2.45) is 0 Å². The molecule has 0 fully saturated rings. The predicted molar refractivity (Wildman–Crippen MR) is 79.5 cm³/mol. The SMILES string of the molecule is CC(C)N1Cc2c(n3nc(C(C)(C)C)cc3[nH]c2=O)C1=O. The second-order valence-electron chi connectivity index (χ2n) is 6.88. The van der Waals surface area contributed by atoms with E-state index in [1.54, 1.807) is 9.42 Å². The highest BCUT2D eigenvalue weighted by Gasteiger charge is 2.35. The maximum atomic E-state index is 12.6. The summed E-state index contributed by atoms with van der Waals surface area (Å²) >= 11 is 0. The maximum absolute atomic E-state index is 12.6. The molecule has 1 N–H and O–H groups in total. The minimum absolute atomic E-state index is 0.0528. The number of hydrogen-bond donors (Lipinski definition) is 1. The molecule has 0 spiro atoms. The van der Waals surface area contributed by atoms with Crippen LogP contribution in [0.15, 0.2) is 10.9 Å². The molecule has 112 valence electrons. The van der Waals surface area contributed by atoms with E-state index < -0.39 is 0 Å². The molecule has 1 aliphatic rings. The molecule has 0 atom stereocenters. The molecule has 0 aliphatic carbocycles. The summed E-state index contributed by atoms with van der Waals surface area (Å²) in [7, 11) is 0. The zero-order valence-electron chi connectivity index (χ0n) is 13.0. The second kappa shape index (κ2) is 4.19. The third kappa shape index (κ3) is 1.97. The van der Waals surface area contributed by atoms with Gasteiger partial charge in [-0.2, -0.15) is 5.10 Å². The molecule has 3 heterocycles. The lowest BCUT2D eigenvalue weighted by molar-refractivity contribution is 0.0724. The normalized spacial score (nSPS) is 15.3. The number of amides is 1. The van der Waals surface area contributed by atoms with Crippen molar-refractivity contribution in [2.75, 3.05) is 0 Å². The Morgan fingerprint density at radius 2 is 1.95 bits per heavy atom. The van der Waals surface area contributed by atoms with Gasteiger partial charge in [-0.1, -0.05) is 20.8 Å². The Labute approximate surface area is 122 Å². The average molecular weight is 288 g/mol. The van der Waals surface area contributed by atoms with Crippen LogP contribution in [0.2, 0.25) is 0 Å². The quantitative estimate of drug-likeness (QED) is 0.868. The predicted octanol–water partition coefficient (Wildman–Crippen LogP) is 1.68. The Hall–Kier alpha value is -2.11. The summed E-state index contributed by atoms with van der Waals surface area (Å²) in [6, 6.07) is 1.89. The summed E-state index contributed by atoms with van der Waals surface area (Å²) in [6.07, 6.45) is 0. The highest BCUT2D eigenvalue weighted by Crippen LogP contribution is 2.25. The molecule has 0 radical (unpaired) electrons. The van der Waals surface area contributed by atoms with Crippen LogP contribution in [0, 0.1) is 0 Å². The van der Waals surface area contributed by atoms with Crippen molar-refractivity contribution in [3.8, 4) is 0 Å². The van der Waals surface area contributed by atoms with Crippen molar-refractivity contribution >= 4 is 11.6 Å². The van der Waals surface area contributed by atoms with Crippen LogP contribution >= 0.6 is 0 Å². The van der Waals surface area contributed by atoms with Crippen molar-refractivity contribution in [3.63, 3.8) is 0 Å². The molecule has 0 saturated carbocycles. The van der Waals surface area contributed by atoms with Crippen molar-refractivity contribution in [1.29, 1.82) is 0 Å². The standard InChI is InChI=1S/C15H20N4O2/c1-8(2)18-7-9-12(14(18)21)19-11(16-13(9)20)6-10(17-19)15(3,4)5/h6,8H,7H2,1-5H3,(H,16,20). The van der Waals surface area contributed by atoms with Crippen LogP contribution in [0.25, 0.3) is 5.65 Å². The van der Waals surface area contributed by atoms with Gasteiger partial charge in [0, 0.05) is 17.5 Å². The number of aromatic nitrogens is 3. The van der Waals surface area contributed by atoms with Gasteiger partial charge in [0.15, 0.2) is 0 Å². The monoisotopic (exact) mass is 288 g/mol. The summed E-state index contributed by atoms with van der Waals surface area (Å²) in [5.41, 5.74) is 1.98. The molecular formula is C15H20N4O2. The van der Waals surface area contributed by atoms with E-state index in [9.17, 15) is 9.59 Å². The first kappa shape index (κ1) is 13.9. The largest absolute Gasteiger partial charge is 0.330 e. The van der Waals surface area contributed by atoms with Crippen LogP contribution in [0.3, 0.4) is 0 Å². The van der Waals surface area contributed by atoms with Gasteiger partial charge in [0.2, 0.25) is 0 Å². The summed E-state index contributed by atoms with van der Waals surface area (Å²) in [5.74, 6) is -0.125. The fourth-order valence-corrected chi connectivity index (χ4v) is 2.60. The molecule has 6 nitrogen and oxygen atoms in total. The van der Waals surface area contributed by atoms with E-state index in [0.717, 1.165) is 5.69 Å². The minimum Gasteiger partial charge on any atom is -0.330 e. The van der Waals surface area contributed by atoms with E-state index >= 15 is 0 Å². The Morgan fingerprint density at radius 1 is 1.29 bits per heavy atom. The smallest absolute Gasteiger partial charge is 0.273 e. The van der Waals surface area contributed by atoms with Gasteiger partial charge in [-0.3, -0.25) is 9.59 Å². The van der Waals surface area contributed by atoms with Crippen molar-refractivity contribution in [3.05, 3.63) is 33.4 Å². The zero-order valence-corrected chi connectivity index (χ0v) is 13.0. The molecular weight excluding hydrogens is 268 g/mol. The third-order valence-corrected chi connectivity index (χ3v) is 3.91. The lowest BCUT2D eigenvalue weighted by Gasteiger charge is -2.19. The molecule has 21 heavy (non-hydrogen) atoms. The van der Waals surface area contributed by atoms with Crippen LogP contribution < -0.4 is 5.56 Å². The second-order valence-corrected chi connectivity index (χ2v) is 6.88. The minimum atomic E-state index is -0.200. The molecule has 2 aromatic heterocycles. The highest BCUT2D eigenvalue weighted by atomic mass is 16.2. The van der Waals surface area contributed by atoms with E-state index in [2.05, 4.69) is 30.9 Å². The topological polar surface area (TPSA) is 70.5 Å². The summed E-state index contributed by atoms with van der Waals surface area (Å²) in [6.45, 7) is 10.4. The van der Waals surface area contributed by atoms with Crippen LogP contribution in [-0.4, -0.2) is 31.4 Å². The van der Waals surface area contributed by atoms with E-state index in [-0.39, 0.29) is 22.9 Å². The number of rotatable bonds is 1. The number of carbonyl (C=O) groups excluding carboxylic acids is 1. The number of nitrogens with one attached hydrogen (secondary N) is 1. The van der Waals surface area contributed by atoms with Gasteiger partial charge in [0.25, 0.3) is 11.5 Å². The first-order valence-corrected chi connectivity index (χ1v) is 7.16. The van der Waals surface area contributed by atoms with Crippen LogP contribution in [0.5, 0.6) is 0 Å². The van der Waals surface area contributed by atoms with Crippen LogP contribution in [-0.2, 0) is 12.0 Å². The lowest BCUT2D eigenvalue weighted by Crippen LogP contribution is -2.31. The van der Waals surface area contributed by atoms with Crippen molar-refractivity contribution < 1.29 is 4.79 Å². The Morgan fingerprint density at radius 3 is 2.52 bits per heavy atom. The fourth-order valence-electron chi connectivity index (χ4n) is 2.60. The van der Waals surface area contributed by atoms with Gasteiger partial charge in [-0.15, -0.1) is 0 Å². The first-order chi connectivity index (χ1) is 9.70. The Balaban J connectivity index is 2.28. The van der Waals surface area contributed by atoms with Gasteiger partial charge in [0.05, 0.1) is 17.8 Å². The molecule has 0 saturated heterocycles. The number of nitrogens with zero attached hydrogens (tertiary/aromatic N) is 3. The van der Waals surface area contributed by atoms with Gasteiger partial charge in [-0.25, -0.2) is 4.52 Å². The fraction of sp³-hybridized carbons (Fsp3) is 0.533. The number of fused-ring (bicyclic) bond motifs is 3. The van der Waals surface area contributed by atoms with Crippen LogP contribution in [0.4, 0.5) is 0 Å². The first-order valence-electron chi connectivity index (χ1n) is 7.16. The molecule has 3 rings (SSSR count). The molecule has 1 amide bonds. The third-order valence-electron chi connectivity index (χ3n) is 3.91. The summed E-state index contributed by atoms with van der Waals surface area (Å²) < 4.78 is 1.59. The lowest BCUT2D eigenvalue weighted by atomic mass is 9.93.